The average Bonchev–Trinajstić information content (AvgIpc) is 3.08. The molecule has 3 rings (SSSR count). The van der Waals surface area contributed by atoms with Crippen molar-refractivity contribution >= 4 is 34.1 Å². The van der Waals surface area contributed by atoms with Gasteiger partial charge in [-0.2, -0.15) is 0 Å². The Morgan fingerprint density at radius 1 is 1.12 bits per heavy atom. The summed E-state index contributed by atoms with van der Waals surface area (Å²) in [5.74, 6) is 1.44. The minimum atomic E-state index is -0.184. The van der Waals surface area contributed by atoms with E-state index in [2.05, 4.69) is 15.5 Å². The van der Waals surface area contributed by atoms with Crippen molar-refractivity contribution in [3.05, 3.63) is 65.7 Å². The van der Waals surface area contributed by atoms with Crippen LogP contribution in [0.4, 0.5) is 5.13 Å². The van der Waals surface area contributed by atoms with E-state index in [4.69, 9.17) is 4.74 Å². The van der Waals surface area contributed by atoms with Crippen molar-refractivity contribution in [1.82, 2.24) is 10.2 Å². The van der Waals surface area contributed by atoms with E-state index in [0.29, 0.717) is 17.3 Å². The molecule has 7 heteroatoms. The monoisotopic (exact) mass is 371 g/mol. The van der Waals surface area contributed by atoms with E-state index in [-0.39, 0.29) is 5.91 Å². The predicted octanol–water partition coefficient (Wildman–Crippen LogP) is 4.27. The van der Waals surface area contributed by atoms with E-state index in [0.717, 1.165) is 15.8 Å². The molecule has 2 aromatic carbocycles. The maximum atomic E-state index is 12.1. The molecule has 25 heavy (non-hydrogen) atoms. The number of hydrogen-bond donors (Lipinski definition) is 1. The molecule has 128 valence electrons. The smallest absolute Gasteiger partial charge is 0.257 e. The summed E-state index contributed by atoms with van der Waals surface area (Å²) < 4.78 is 6.48. The number of thioether (sulfide) groups is 1. The molecule has 3 aromatic rings. The topological polar surface area (TPSA) is 64.1 Å². The molecule has 1 aromatic heterocycles. The lowest BCUT2D eigenvalue weighted by atomic mass is 10.2. The molecule has 0 radical (unpaired) electrons. The highest BCUT2D eigenvalue weighted by Gasteiger charge is 2.10. The molecule has 1 amide bonds. The lowest BCUT2D eigenvalue weighted by Crippen LogP contribution is -2.11. The van der Waals surface area contributed by atoms with Crippen LogP contribution < -0.4 is 10.1 Å². The first-order chi connectivity index (χ1) is 12.2. The van der Waals surface area contributed by atoms with Crippen LogP contribution in [0, 0.1) is 6.92 Å². The number of aromatic nitrogens is 2. The van der Waals surface area contributed by atoms with Crippen LogP contribution in [0.25, 0.3) is 0 Å². The Balaban J connectivity index is 1.44. The van der Waals surface area contributed by atoms with Crippen LogP contribution in [0.5, 0.6) is 5.75 Å². The number of nitrogens with one attached hydrogen (secondary N) is 1. The standard InChI is InChI=1S/C18H17N3O2S2/c1-13-7-9-15(10-8-13)23-11-12-24-18-21-20-17(25-18)19-16(22)14-5-3-2-4-6-14/h2-10H,11-12H2,1H3,(H,19,20,22). The Bertz CT molecular complexity index is 820. The van der Waals surface area contributed by atoms with Gasteiger partial charge in [0.1, 0.15) is 5.75 Å². The van der Waals surface area contributed by atoms with Gasteiger partial charge in [0.15, 0.2) is 4.34 Å². The van der Waals surface area contributed by atoms with Gasteiger partial charge in [0.05, 0.1) is 6.61 Å². The molecule has 0 saturated heterocycles. The molecule has 0 atom stereocenters. The second-order valence-electron chi connectivity index (χ2n) is 5.20. The van der Waals surface area contributed by atoms with Crippen molar-refractivity contribution in [1.29, 1.82) is 0 Å². The molecule has 0 aliphatic carbocycles. The summed E-state index contributed by atoms with van der Waals surface area (Å²) in [4.78, 5) is 12.1. The molecule has 0 aliphatic heterocycles. The fourth-order valence-corrected chi connectivity index (χ4v) is 3.64. The molecule has 5 nitrogen and oxygen atoms in total. The third-order valence-electron chi connectivity index (χ3n) is 3.26. The highest BCUT2D eigenvalue weighted by atomic mass is 32.2. The largest absolute Gasteiger partial charge is 0.493 e. The summed E-state index contributed by atoms with van der Waals surface area (Å²) in [6, 6.07) is 17.0. The zero-order chi connectivity index (χ0) is 17.5. The summed E-state index contributed by atoms with van der Waals surface area (Å²) >= 11 is 2.91. The number of benzene rings is 2. The van der Waals surface area contributed by atoms with Gasteiger partial charge in [-0.3, -0.25) is 10.1 Å². The maximum absolute atomic E-state index is 12.1. The SMILES string of the molecule is Cc1ccc(OCCSc2nnc(NC(=O)c3ccccc3)s2)cc1. The van der Waals surface area contributed by atoms with E-state index >= 15 is 0 Å². The van der Waals surface area contributed by atoms with E-state index in [1.807, 2.05) is 49.4 Å². The van der Waals surface area contributed by atoms with Gasteiger partial charge in [0.25, 0.3) is 5.91 Å². The summed E-state index contributed by atoms with van der Waals surface area (Å²) in [7, 11) is 0. The Morgan fingerprint density at radius 2 is 1.88 bits per heavy atom. The first-order valence-electron chi connectivity index (χ1n) is 7.73. The fraction of sp³-hybridized carbons (Fsp3) is 0.167. The van der Waals surface area contributed by atoms with Crippen LogP contribution in [-0.2, 0) is 0 Å². The summed E-state index contributed by atoms with van der Waals surface area (Å²) in [5.41, 5.74) is 1.80. The number of amides is 1. The van der Waals surface area contributed by atoms with Crippen molar-refractivity contribution < 1.29 is 9.53 Å². The summed E-state index contributed by atoms with van der Waals surface area (Å²) in [6.45, 7) is 2.63. The van der Waals surface area contributed by atoms with E-state index < -0.39 is 0 Å². The molecule has 0 bridgehead atoms. The molecule has 1 N–H and O–H groups in total. The molecular weight excluding hydrogens is 354 g/mol. The van der Waals surface area contributed by atoms with E-state index in [9.17, 15) is 4.79 Å². The van der Waals surface area contributed by atoms with Gasteiger partial charge in [0, 0.05) is 11.3 Å². The van der Waals surface area contributed by atoms with Gasteiger partial charge < -0.3 is 4.74 Å². The zero-order valence-electron chi connectivity index (χ0n) is 13.6. The first-order valence-corrected chi connectivity index (χ1v) is 9.53. The Hall–Kier alpha value is -2.38. The number of carbonyl (C=O) groups excluding carboxylic acids is 1. The molecule has 0 spiro atoms. The van der Waals surface area contributed by atoms with Crippen molar-refractivity contribution in [2.24, 2.45) is 0 Å². The number of hydrogen-bond acceptors (Lipinski definition) is 6. The highest BCUT2D eigenvalue weighted by molar-refractivity contribution is 8.01. The number of nitrogens with zero attached hydrogens (tertiary/aromatic N) is 2. The molecular formula is C18H17N3O2S2. The predicted molar refractivity (Wildman–Crippen MR) is 102 cm³/mol. The summed E-state index contributed by atoms with van der Waals surface area (Å²) in [5, 5.41) is 11.3. The van der Waals surface area contributed by atoms with Crippen molar-refractivity contribution in [2.45, 2.75) is 11.3 Å². The quantitative estimate of drug-likeness (QED) is 0.382. The van der Waals surface area contributed by atoms with Gasteiger partial charge in [-0.15, -0.1) is 10.2 Å². The van der Waals surface area contributed by atoms with Crippen molar-refractivity contribution in [3.8, 4) is 5.75 Å². The lowest BCUT2D eigenvalue weighted by molar-refractivity contribution is 0.102. The van der Waals surface area contributed by atoms with Crippen molar-refractivity contribution in [2.75, 3.05) is 17.7 Å². The van der Waals surface area contributed by atoms with Crippen LogP contribution in [0.3, 0.4) is 0 Å². The highest BCUT2D eigenvalue weighted by Crippen LogP contribution is 2.25. The lowest BCUT2D eigenvalue weighted by Gasteiger charge is -2.04. The van der Waals surface area contributed by atoms with Gasteiger partial charge in [0.2, 0.25) is 5.13 Å². The molecule has 1 heterocycles. The van der Waals surface area contributed by atoms with Crippen LogP contribution >= 0.6 is 23.1 Å². The minimum Gasteiger partial charge on any atom is -0.493 e. The van der Waals surface area contributed by atoms with Crippen LogP contribution in [0.15, 0.2) is 58.9 Å². The van der Waals surface area contributed by atoms with Crippen molar-refractivity contribution in [3.63, 3.8) is 0 Å². The van der Waals surface area contributed by atoms with Gasteiger partial charge in [-0.05, 0) is 31.2 Å². The number of anilines is 1. The molecule has 0 saturated carbocycles. The first kappa shape index (κ1) is 17.4. The van der Waals surface area contributed by atoms with Gasteiger partial charge in [-0.25, -0.2) is 0 Å². The molecule has 0 aliphatic rings. The van der Waals surface area contributed by atoms with Gasteiger partial charge >= 0.3 is 0 Å². The second kappa shape index (κ2) is 8.64. The van der Waals surface area contributed by atoms with Gasteiger partial charge in [-0.1, -0.05) is 59.0 Å². The average molecular weight is 371 g/mol. The third kappa shape index (κ3) is 5.30. The number of rotatable bonds is 7. The van der Waals surface area contributed by atoms with E-state index in [1.54, 1.807) is 23.9 Å². The Morgan fingerprint density at radius 3 is 2.64 bits per heavy atom. The fourth-order valence-electron chi connectivity index (χ4n) is 2.00. The van der Waals surface area contributed by atoms with Crippen LogP contribution in [0.1, 0.15) is 15.9 Å². The van der Waals surface area contributed by atoms with Crippen LogP contribution in [0.2, 0.25) is 0 Å². The summed E-state index contributed by atoms with van der Waals surface area (Å²) in [6.07, 6.45) is 0. The zero-order valence-corrected chi connectivity index (χ0v) is 15.3. The number of aryl methyl sites for hydroxylation is 1. The number of ether oxygens (including phenoxy) is 1. The Kier molecular flexibility index (Phi) is 6.03. The maximum Gasteiger partial charge on any atom is 0.257 e. The number of carbonyl (C=O) groups is 1. The normalized spacial score (nSPS) is 10.4. The Labute approximate surface area is 154 Å². The third-order valence-corrected chi connectivity index (χ3v) is 5.20. The molecule has 0 unspecified atom stereocenters. The minimum absolute atomic E-state index is 0.184. The molecule has 0 fully saturated rings. The second-order valence-corrected chi connectivity index (χ2v) is 7.52. The van der Waals surface area contributed by atoms with E-state index in [1.165, 1.54) is 16.9 Å². The van der Waals surface area contributed by atoms with Crippen LogP contribution in [-0.4, -0.2) is 28.5 Å².